The van der Waals surface area contributed by atoms with Gasteiger partial charge in [0.05, 0.1) is 5.56 Å². The Morgan fingerprint density at radius 2 is 1.54 bits per heavy atom. The number of ketones is 1. The SMILES string of the molecule is O=C(O)c1ccc(C(=O)C2=CCC(=Cc3ccccc3)C=C2)cc1. The van der Waals surface area contributed by atoms with Crippen molar-refractivity contribution < 1.29 is 14.7 Å². The van der Waals surface area contributed by atoms with Gasteiger partial charge in [0.25, 0.3) is 0 Å². The van der Waals surface area contributed by atoms with Crippen LogP contribution in [0.5, 0.6) is 0 Å². The summed E-state index contributed by atoms with van der Waals surface area (Å²) in [6.45, 7) is 0. The fourth-order valence-electron chi connectivity index (χ4n) is 2.53. The zero-order valence-corrected chi connectivity index (χ0v) is 13.0. The summed E-state index contributed by atoms with van der Waals surface area (Å²) in [5.74, 6) is -1.09. The van der Waals surface area contributed by atoms with Gasteiger partial charge in [-0.25, -0.2) is 4.79 Å². The first-order chi connectivity index (χ1) is 11.6. The maximum atomic E-state index is 12.5. The Morgan fingerprint density at radius 1 is 0.875 bits per heavy atom. The molecule has 0 saturated heterocycles. The third-order valence-electron chi connectivity index (χ3n) is 3.84. The first kappa shape index (κ1) is 15.7. The smallest absolute Gasteiger partial charge is 0.335 e. The first-order valence-electron chi connectivity index (χ1n) is 7.65. The second-order valence-corrected chi connectivity index (χ2v) is 5.54. The Kier molecular flexibility index (Phi) is 4.52. The van der Waals surface area contributed by atoms with E-state index in [0.29, 0.717) is 17.6 Å². The van der Waals surface area contributed by atoms with Gasteiger partial charge in [-0.2, -0.15) is 0 Å². The molecule has 0 aliphatic heterocycles. The van der Waals surface area contributed by atoms with Gasteiger partial charge in [-0.3, -0.25) is 4.79 Å². The topological polar surface area (TPSA) is 54.4 Å². The standard InChI is InChI=1S/C21H16O3/c22-20(18-10-12-19(13-11-18)21(23)24)17-8-6-16(7-9-17)14-15-4-2-1-3-5-15/h1-6,8-14H,7H2,(H,23,24). The van der Waals surface area contributed by atoms with Gasteiger partial charge in [-0.05, 0) is 29.7 Å². The molecule has 24 heavy (non-hydrogen) atoms. The van der Waals surface area contributed by atoms with Crippen LogP contribution in [-0.2, 0) is 0 Å². The van der Waals surface area contributed by atoms with Crippen molar-refractivity contribution >= 4 is 17.8 Å². The number of Topliss-reactive ketones (excluding diaryl/α,β-unsaturated/α-hetero) is 1. The number of allylic oxidation sites excluding steroid dienone is 5. The van der Waals surface area contributed by atoms with Crippen molar-refractivity contribution in [3.8, 4) is 0 Å². The molecule has 1 N–H and O–H groups in total. The van der Waals surface area contributed by atoms with Crippen LogP contribution in [0.1, 0.15) is 32.7 Å². The van der Waals surface area contributed by atoms with Gasteiger partial charge in [0.1, 0.15) is 0 Å². The summed E-state index contributed by atoms with van der Waals surface area (Å²) < 4.78 is 0. The first-order valence-corrected chi connectivity index (χ1v) is 7.65. The van der Waals surface area contributed by atoms with Crippen LogP contribution in [0.15, 0.2) is 84.0 Å². The van der Waals surface area contributed by atoms with Crippen molar-refractivity contribution in [3.63, 3.8) is 0 Å². The van der Waals surface area contributed by atoms with Crippen molar-refractivity contribution in [2.45, 2.75) is 6.42 Å². The Bertz CT molecular complexity index is 854. The predicted octanol–water partition coefficient (Wildman–Crippen LogP) is 4.54. The minimum Gasteiger partial charge on any atom is -0.478 e. The fraction of sp³-hybridized carbons (Fsp3) is 0.0476. The largest absolute Gasteiger partial charge is 0.478 e. The Labute approximate surface area is 140 Å². The molecule has 1 aliphatic carbocycles. The highest BCUT2D eigenvalue weighted by Gasteiger charge is 2.13. The van der Waals surface area contributed by atoms with E-state index in [0.717, 1.165) is 11.1 Å². The summed E-state index contributed by atoms with van der Waals surface area (Å²) >= 11 is 0. The summed E-state index contributed by atoms with van der Waals surface area (Å²) in [5, 5.41) is 8.90. The number of benzene rings is 2. The molecule has 1 aliphatic rings. The highest BCUT2D eigenvalue weighted by Crippen LogP contribution is 2.21. The molecular weight excluding hydrogens is 300 g/mol. The molecule has 3 nitrogen and oxygen atoms in total. The zero-order valence-electron chi connectivity index (χ0n) is 13.0. The fourth-order valence-corrected chi connectivity index (χ4v) is 2.53. The van der Waals surface area contributed by atoms with E-state index in [9.17, 15) is 9.59 Å². The van der Waals surface area contributed by atoms with Crippen LogP contribution in [0.4, 0.5) is 0 Å². The van der Waals surface area contributed by atoms with Gasteiger partial charge >= 0.3 is 5.97 Å². The zero-order chi connectivity index (χ0) is 16.9. The molecule has 2 aromatic carbocycles. The molecule has 0 saturated carbocycles. The molecule has 0 fully saturated rings. The van der Waals surface area contributed by atoms with E-state index >= 15 is 0 Å². The van der Waals surface area contributed by atoms with Crippen LogP contribution >= 0.6 is 0 Å². The lowest BCUT2D eigenvalue weighted by Gasteiger charge is -2.09. The van der Waals surface area contributed by atoms with Gasteiger partial charge in [-0.1, -0.05) is 66.8 Å². The van der Waals surface area contributed by atoms with E-state index in [4.69, 9.17) is 5.11 Å². The second kappa shape index (κ2) is 6.92. The monoisotopic (exact) mass is 316 g/mol. The van der Waals surface area contributed by atoms with Crippen LogP contribution in [0.3, 0.4) is 0 Å². The average Bonchev–Trinajstić information content (AvgIpc) is 2.63. The Balaban J connectivity index is 1.73. The molecule has 0 amide bonds. The third kappa shape index (κ3) is 3.58. The van der Waals surface area contributed by atoms with Crippen molar-refractivity contribution in [2.24, 2.45) is 0 Å². The van der Waals surface area contributed by atoms with Gasteiger partial charge < -0.3 is 5.11 Å². The lowest BCUT2D eigenvalue weighted by atomic mass is 9.94. The van der Waals surface area contributed by atoms with Crippen molar-refractivity contribution in [1.82, 2.24) is 0 Å². The second-order valence-electron chi connectivity index (χ2n) is 5.54. The lowest BCUT2D eigenvalue weighted by molar-refractivity contribution is 0.0696. The van der Waals surface area contributed by atoms with E-state index < -0.39 is 5.97 Å². The predicted molar refractivity (Wildman–Crippen MR) is 94.0 cm³/mol. The van der Waals surface area contributed by atoms with E-state index in [1.165, 1.54) is 12.1 Å². The molecule has 0 heterocycles. The molecule has 2 aromatic rings. The van der Waals surface area contributed by atoms with Crippen LogP contribution in [0.2, 0.25) is 0 Å². The number of hydrogen-bond donors (Lipinski definition) is 1. The number of carbonyl (C=O) groups is 2. The minimum atomic E-state index is -0.999. The Hall–Kier alpha value is -3.20. The van der Waals surface area contributed by atoms with E-state index in [1.54, 1.807) is 12.1 Å². The van der Waals surface area contributed by atoms with Crippen molar-refractivity contribution in [2.75, 3.05) is 0 Å². The summed E-state index contributed by atoms with van der Waals surface area (Å²) in [5.41, 5.74) is 3.56. The molecule has 0 bridgehead atoms. The highest BCUT2D eigenvalue weighted by atomic mass is 16.4. The Morgan fingerprint density at radius 3 is 2.12 bits per heavy atom. The van der Waals surface area contributed by atoms with Gasteiger partial charge in [0, 0.05) is 11.1 Å². The molecular formula is C21H16O3. The number of carbonyl (C=O) groups excluding carboxylic acids is 1. The highest BCUT2D eigenvalue weighted by molar-refractivity contribution is 6.11. The molecule has 3 rings (SSSR count). The van der Waals surface area contributed by atoms with Crippen LogP contribution in [0, 0.1) is 0 Å². The number of aromatic carboxylic acids is 1. The summed E-state index contributed by atoms with van der Waals surface area (Å²) in [6, 6.07) is 16.0. The lowest BCUT2D eigenvalue weighted by Crippen LogP contribution is -2.05. The number of carboxylic acid groups (broad SMARTS) is 1. The molecule has 3 heteroatoms. The summed E-state index contributed by atoms with van der Waals surface area (Å²) in [6.07, 6.45) is 8.45. The van der Waals surface area contributed by atoms with Crippen molar-refractivity contribution in [1.29, 1.82) is 0 Å². The number of hydrogen-bond acceptors (Lipinski definition) is 2. The molecule has 0 atom stereocenters. The van der Waals surface area contributed by atoms with Crippen molar-refractivity contribution in [3.05, 3.63) is 101 Å². The van der Waals surface area contributed by atoms with Crippen LogP contribution in [-0.4, -0.2) is 16.9 Å². The van der Waals surface area contributed by atoms with Gasteiger partial charge in [0.15, 0.2) is 5.78 Å². The van der Waals surface area contributed by atoms with Gasteiger partial charge in [-0.15, -0.1) is 0 Å². The number of carboxylic acids is 1. The van der Waals surface area contributed by atoms with E-state index in [-0.39, 0.29) is 11.3 Å². The van der Waals surface area contributed by atoms with E-state index in [1.807, 2.05) is 48.6 Å². The molecule has 118 valence electrons. The van der Waals surface area contributed by atoms with Crippen LogP contribution in [0.25, 0.3) is 6.08 Å². The third-order valence-corrected chi connectivity index (χ3v) is 3.84. The molecule has 0 aromatic heterocycles. The number of rotatable bonds is 4. The minimum absolute atomic E-state index is 0.0954. The summed E-state index contributed by atoms with van der Waals surface area (Å²) in [4.78, 5) is 23.3. The van der Waals surface area contributed by atoms with Gasteiger partial charge in [0.2, 0.25) is 0 Å². The molecule has 0 unspecified atom stereocenters. The summed E-state index contributed by atoms with van der Waals surface area (Å²) in [7, 11) is 0. The van der Waals surface area contributed by atoms with E-state index in [2.05, 4.69) is 6.08 Å². The maximum Gasteiger partial charge on any atom is 0.335 e. The maximum absolute atomic E-state index is 12.5. The quantitative estimate of drug-likeness (QED) is 0.843. The normalized spacial score (nSPS) is 15.2. The molecule has 0 spiro atoms. The average molecular weight is 316 g/mol. The van der Waals surface area contributed by atoms with Crippen LogP contribution < -0.4 is 0 Å². The molecule has 0 radical (unpaired) electrons.